The van der Waals surface area contributed by atoms with Gasteiger partial charge in [-0.25, -0.2) is 23.5 Å². The van der Waals surface area contributed by atoms with E-state index in [9.17, 15) is 33.1 Å². The lowest BCUT2D eigenvalue weighted by Gasteiger charge is -2.21. The lowest BCUT2D eigenvalue weighted by molar-refractivity contribution is -0.0490. The second-order valence-electron chi connectivity index (χ2n) is 8.52. The first-order chi connectivity index (χ1) is 20.1. The Balaban J connectivity index is 1.59. The number of imidazole rings is 1. The average molecular weight is 666 g/mol. The molecule has 1 aromatic carbocycles. The van der Waals surface area contributed by atoms with Gasteiger partial charge in [0.2, 0.25) is 5.95 Å². The van der Waals surface area contributed by atoms with Crippen LogP contribution in [0.5, 0.6) is 0 Å². The van der Waals surface area contributed by atoms with Crippen molar-refractivity contribution < 1.29 is 60.7 Å². The fourth-order valence-electron chi connectivity index (χ4n) is 3.94. The van der Waals surface area contributed by atoms with Crippen LogP contribution in [0.2, 0.25) is 0 Å². The highest BCUT2D eigenvalue weighted by Gasteiger charge is 2.44. The Bertz CT molecular complexity index is 1780. The summed E-state index contributed by atoms with van der Waals surface area (Å²) in [6.45, 7) is -1.15. The number of hydrogen-bond donors (Lipinski definition) is 6. The lowest BCUT2D eigenvalue weighted by atomic mass is 10.1. The summed E-state index contributed by atoms with van der Waals surface area (Å²) >= 11 is 0. The number of nitrogens with two attached hydrogens (primary N) is 1. The van der Waals surface area contributed by atoms with Crippen molar-refractivity contribution in [3.05, 3.63) is 62.5 Å². The van der Waals surface area contributed by atoms with E-state index in [-0.39, 0.29) is 35.6 Å². The third-order valence-electron chi connectivity index (χ3n) is 5.56. The molecule has 25 heteroatoms. The number of ether oxygens (including phenoxy) is 2. The summed E-state index contributed by atoms with van der Waals surface area (Å²) in [7, 11) is -17.0. The normalized spacial score (nSPS) is 21.5. The number of fused-ring (bicyclic) bond motifs is 1. The number of carbonyl (C=O) groups excluding carboxylic acids is 1. The summed E-state index contributed by atoms with van der Waals surface area (Å²) < 4.78 is 59.6. The van der Waals surface area contributed by atoms with E-state index in [1.807, 2.05) is 0 Å². The van der Waals surface area contributed by atoms with E-state index >= 15 is 0 Å². The monoisotopic (exact) mass is 666 g/mol. The molecule has 0 aliphatic carbocycles. The molecule has 0 saturated carbocycles. The van der Waals surface area contributed by atoms with Gasteiger partial charge in [-0.2, -0.15) is 13.6 Å². The van der Waals surface area contributed by atoms with Gasteiger partial charge in [0.1, 0.15) is 18.4 Å². The Morgan fingerprint density at radius 1 is 1.21 bits per heavy atom. The topological polar surface area (TPSA) is 334 Å². The van der Waals surface area contributed by atoms with Crippen molar-refractivity contribution in [1.29, 1.82) is 0 Å². The van der Waals surface area contributed by atoms with Gasteiger partial charge in [0.05, 0.1) is 25.0 Å². The molecule has 4 rings (SSSR count). The molecule has 7 N–H and O–H groups in total. The lowest BCUT2D eigenvalue weighted by Crippen LogP contribution is -2.31. The van der Waals surface area contributed by atoms with Crippen LogP contribution in [0.1, 0.15) is 28.6 Å². The highest BCUT2D eigenvalue weighted by molar-refractivity contribution is 7.66. The molecule has 22 nitrogen and oxygen atoms in total. The molecule has 2 aromatic heterocycles. The number of nitrogens with one attached hydrogen (secondary N) is 1. The highest BCUT2D eigenvalue weighted by Crippen LogP contribution is 2.66. The third-order valence-corrected chi connectivity index (χ3v) is 9.36. The number of benzene rings is 1. The fraction of sp³-hybridized carbons (Fsp3) is 0.333. The molecule has 0 spiro atoms. The Kier molecular flexibility index (Phi) is 9.53. The molecule has 3 aromatic rings. The summed E-state index contributed by atoms with van der Waals surface area (Å²) in [5.74, 6) is -1.17. The zero-order chi connectivity index (χ0) is 31.6. The largest absolute Gasteiger partial charge is 0.490 e. The molecule has 1 saturated heterocycles. The molecule has 0 radical (unpaired) electrons. The molecular formula is C18H21N8O14P3. The second-order valence-corrected chi connectivity index (χ2v) is 12.9. The molecule has 232 valence electrons. The SMILES string of the molecule is [N-]=[N+]=NCc1ccccc1C(=O)OC1C[C@H](n2cnc3c(=O)[nH]c(N)nc32)O[C@@H]1COP(=O)(O)OP(=O)(O)OP(=O)(O)O. The van der Waals surface area contributed by atoms with E-state index in [0.717, 1.165) is 0 Å². The minimum Gasteiger partial charge on any atom is -0.456 e. The Hall–Kier alpha value is -3.48. The van der Waals surface area contributed by atoms with Crippen molar-refractivity contribution >= 4 is 46.5 Å². The summed E-state index contributed by atoms with van der Waals surface area (Å²) in [5.41, 5.74) is 13.8. The molecule has 0 amide bonds. The molecule has 0 bridgehead atoms. The first kappa shape index (κ1) is 32.4. The predicted molar refractivity (Wildman–Crippen MR) is 139 cm³/mol. The second kappa shape index (κ2) is 12.6. The van der Waals surface area contributed by atoms with E-state index in [4.69, 9.17) is 30.5 Å². The maximum atomic E-state index is 13.1. The average Bonchev–Trinajstić information content (AvgIpc) is 3.48. The van der Waals surface area contributed by atoms with E-state index in [1.165, 1.54) is 29.1 Å². The van der Waals surface area contributed by atoms with E-state index < -0.39 is 60.0 Å². The minimum absolute atomic E-state index is 0.0130. The molecular weight excluding hydrogens is 645 g/mol. The van der Waals surface area contributed by atoms with Gasteiger partial charge in [-0.05, 0) is 17.2 Å². The van der Waals surface area contributed by atoms with Crippen molar-refractivity contribution in [2.24, 2.45) is 5.11 Å². The van der Waals surface area contributed by atoms with Crippen LogP contribution in [0, 0.1) is 0 Å². The zero-order valence-electron chi connectivity index (χ0n) is 21.2. The van der Waals surface area contributed by atoms with E-state index in [1.54, 1.807) is 6.07 Å². The van der Waals surface area contributed by atoms with Gasteiger partial charge in [-0.1, -0.05) is 23.3 Å². The van der Waals surface area contributed by atoms with Crippen LogP contribution >= 0.6 is 23.5 Å². The third kappa shape index (κ3) is 8.33. The predicted octanol–water partition coefficient (Wildman–Crippen LogP) is 1.37. The van der Waals surface area contributed by atoms with Gasteiger partial charge < -0.3 is 34.8 Å². The van der Waals surface area contributed by atoms with Gasteiger partial charge in [0, 0.05) is 11.3 Å². The number of hydrogen-bond acceptors (Lipinski definition) is 14. The van der Waals surface area contributed by atoms with Gasteiger partial charge in [-0.3, -0.25) is 18.9 Å². The number of aromatic amines is 1. The van der Waals surface area contributed by atoms with Crippen LogP contribution in [0.4, 0.5) is 5.95 Å². The Morgan fingerprint density at radius 3 is 2.63 bits per heavy atom. The number of aromatic nitrogens is 4. The molecule has 3 heterocycles. The standard InChI is InChI=1S/C18H21N8O14P3/c19-18-23-15-14(16(27)24-18)21-8-26(15)13-5-11(38-17(28)10-4-2-1-3-9(10)6-22-25-20)12(37-13)7-36-42(32,33)40-43(34,35)39-41(29,30)31/h1-4,8,11-13H,5-7H2,(H,32,33)(H,34,35)(H2,29,30,31)(H3,19,23,24,27)/t11?,12-,13-/m1/s1. The van der Waals surface area contributed by atoms with Crippen molar-refractivity contribution in [2.45, 2.75) is 31.4 Å². The molecule has 1 aliphatic heterocycles. The number of carbonyl (C=O) groups is 1. The van der Waals surface area contributed by atoms with Crippen molar-refractivity contribution in [2.75, 3.05) is 12.3 Å². The number of phosphoric acid groups is 3. The number of H-pyrrole nitrogens is 1. The van der Waals surface area contributed by atoms with Gasteiger partial charge >= 0.3 is 29.4 Å². The number of phosphoric ester groups is 1. The summed E-state index contributed by atoms with van der Waals surface area (Å²) in [6, 6.07) is 6.00. The van der Waals surface area contributed by atoms with Gasteiger partial charge in [0.25, 0.3) is 5.56 Å². The zero-order valence-corrected chi connectivity index (χ0v) is 23.9. The van der Waals surface area contributed by atoms with Crippen LogP contribution in [-0.4, -0.2) is 63.9 Å². The Morgan fingerprint density at radius 2 is 1.93 bits per heavy atom. The molecule has 5 atom stereocenters. The quantitative estimate of drug-likeness (QED) is 0.0522. The number of esters is 1. The van der Waals surface area contributed by atoms with Crippen LogP contribution in [0.15, 0.2) is 40.5 Å². The van der Waals surface area contributed by atoms with Gasteiger partial charge in [0.15, 0.2) is 11.2 Å². The van der Waals surface area contributed by atoms with Crippen LogP contribution in [-0.2, 0) is 42.9 Å². The van der Waals surface area contributed by atoms with Crippen molar-refractivity contribution in [1.82, 2.24) is 19.5 Å². The molecule has 3 unspecified atom stereocenters. The molecule has 1 fully saturated rings. The number of rotatable bonds is 12. The van der Waals surface area contributed by atoms with E-state index in [2.05, 4.69) is 38.1 Å². The van der Waals surface area contributed by atoms with Crippen LogP contribution in [0.3, 0.4) is 0 Å². The van der Waals surface area contributed by atoms with Crippen LogP contribution < -0.4 is 11.3 Å². The summed E-state index contributed by atoms with van der Waals surface area (Å²) in [6.07, 6.45) is -2.77. The summed E-state index contributed by atoms with van der Waals surface area (Å²) in [5, 5.41) is 3.43. The van der Waals surface area contributed by atoms with Crippen molar-refractivity contribution in [3.8, 4) is 0 Å². The summed E-state index contributed by atoms with van der Waals surface area (Å²) in [4.78, 5) is 74.9. The number of anilines is 1. The minimum atomic E-state index is -5.81. The first-order valence-electron chi connectivity index (χ1n) is 11.5. The molecule has 43 heavy (non-hydrogen) atoms. The Labute approximate surface area is 238 Å². The van der Waals surface area contributed by atoms with E-state index in [0.29, 0.717) is 5.56 Å². The number of nitrogen functional groups attached to an aromatic ring is 1. The van der Waals surface area contributed by atoms with Crippen LogP contribution in [0.25, 0.3) is 21.6 Å². The fourth-order valence-corrected chi connectivity index (χ4v) is 6.97. The molecule has 1 aliphatic rings. The maximum absolute atomic E-state index is 13.1. The van der Waals surface area contributed by atoms with Crippen molar-refractivity contribution in [3.63, 3.8) is 0 Å². The number of nitrogens with zero attached hydrogens (tertiary/aromatic N) is 6. The maximum Gasteiger partial charge on any atom is 0.490 e. The number of azide groups is 1. The first-order valence-corrected chi connectivity index (χ1v) is 16.1. The highest BCUT2D eigenvalue weighted by atomic mass is 31.3. The smallest absolute Gasteiger partial charge is 0.456 e. The van der Waals surface area contributed by atoms with Gasteiger partial charge in [-0.15, -0.1) is 0 Å².